The van der Waals surface area contributed by atoms with Crippen LogP contribution in [0.4, 0.5) is 0 Å². The van der Waals surface area contributed by atoms with Gasteiger partial charge in [-0.3, -0.25) is 0 Å². The molecular formula is C9H21BOSi. The van der Waals surface area contributed by atoms with Crippen molar-refractivity contribution < 1.29 is 4.65 Å². The van der Waals surface area contributed by atoms with Gasteiger partial charge < -0.3 is 4.65 Å². The Morgan fingerprint density at radius 3 is 1.92 bits per heavy atom. The second-order valence-corrected chi connectivity index (χ2v) is 10.6. The normalized spacial score (nSPS) is 35.2. The first kappa shape index (κ1) is 10.3. The van der Waals surface area contributed by atoms with E-state index in [2.05, 4.69) is 26.9 Å². The van der Waals surface area contributed by atoms with Gasteiger partial charge in [-0.1, -0.05) is 38.0 Å². The summed E-state index contributed by atoms with van der Waals surface area (Å²) in [7, 11) is 0.916. The minimum Gasteiger partial charge on any atom is -0.439 e. The van der Waals surface area contributed by atoms with Crippen LogP contribution < -0.4 is 0 Å². The molecule has 12 heavy (non-hydrogen) atoms. The molecule has 0 unspecified atom stereocenters. The zero-order chi connectivity index (χ0) is 9.35. The minimum atomic E-state index is -0.935. The van der Waals surface area contributed by atoms with Crippen LogP contribution in [0.1, 0.15) is 13.8 Å². The molecule has 0 aromatic heterocycles. The highest BCUT2D eigenvalue weighted by Crippen LogP contribution is 2.44. The van der Waals surface area contributed by atoms with E-state index in [9.17, 15) is 0 Å². The van der Waals surface area contributed by atoms with Gasteiger partial charge in [-0.2, -0.15) is 0 Å². The zero-order valence-corrected chi connectivity index (χ0v) is 10.1. The topological polar surface area (TPSA) is 9.23 Å². The van der Waals surface area contributed by atoms with Gasteiger partial charge >= 0.3 is 0 Å². The predicted molar refractivity (Wildman–Crippen MR) is 58.7 cm³/mol. The molecule has 1 aliphatic heterocycles. The lowest BCUT2D eigenvalue weighted by Gasteiger charge is -2.42. The van der Waals surface area contributed by atoms with Crippen LogP contribution in [0.15, 0.2) is 0 Å². The van der Waals surface area contributed by atoms with Crippen LogP contribution in [0.5, 0.6) is 0 Å². The second-order valence-electron chi connectivity index (χ2n) is 4.95. The molecule has 2 atom stereocenters. The summed E-state index contributed by atoms with van der Waals surface area (Å²) < 4.78 is 5.45. The van der Waals surface area contributed by atoms with Crippen LogP contribution in [0.3, 0.4) is 0 Å². The summed E-state index contributed by atoms with van der Waals surface area (Å²) in [5.41, 5.74) is 1.84. The molecule has 3 heteroatoms. The van der Waals surface area contributed by atoms with Crippen molar-refractivity contribution >= 4 is 15.0 Å². The zero-order valence-electron chi connectivity index (χ0n) is 9.05. The molecule has 0 aromatic carbocycles. The third kappa shape index (κ3) is 1.77. The van der Waals surface area contributed by atoms with Crippen LogP contribution in [-0.2, 0) is 4.65 Å². The molecule has 70 valence electrons. The van der Waals surface area contributed by atoms with Gasteiger partial charge in [0.05, 0.1) is 8.07 Å². The monoisotopic (exact) mass is 184 g/mol. The van der Waals surface area contributed by atoms with Crippen LogP contribution in [0, 0.1) is 0 Å². The summed E-state index contributed by atoms with van der Waals surface area (Å²) in [6.07, 6.45) is 2.58. The summed E-state index contributed by atoms with van der Waals surface area (Å²) in [5, 5.41) is 0. The maximum atomic E-state index is 5.45. The van der Waals surface area contributed by atoms with Crippen molar-refractivity contribution in [3.63, 3.8) is 0 Å². The number of hydrogen-bond donors (Lipinski definition) is 0. The van der Waals surface area contributed by atoms with Crippen molar-refractivity contribution in [2.45, 2.75) is 50.7 Å². The first-order valence-electron chi connectivity index (χ1n) is 5.01. The van der Waals surface area contributed by atoms with Crippen molar-refractivity contribution in [3.05, 3.63) is 0 Å². The highest BCUT2D eigenvalue weighted by atomic mass is 28.3. The fourth-order valence-electron chi connectivity index (χ4n) is 2.17. The van der Waals surface area contributed by atoms with E-state index < -0.39 is 8.07 Å². The Morgan fingerprint density at radius 1 is 1.17 bits per heavy atom. The van der Waals surface area contributed by atoms with E-state index in [-0.39, 0.29) is 0 Å². The lowest BCUT2D eigenvalue weighted by molar-refractivity contribution is 0.411. The van der Waals surface area contributed by atoms with Gasteiger partial charge in [-0.15, -0.1) is 0 Å². The Labute approximate surface area is 78.0 Å². The molecule has 1 aliphatic rings. The predicted octanol–water partition coefficient (Wildman–Crippen LogP) is 3.13. The number of hydrogen-bond acceptors (Lipinski definition) is 1. The molecule has 1 rings (SSSR count). The van der Waals surface area contributed by atoms with Crippen molar-refractivity contribution in [2.75, 3.05) is 7.11 Å². The van der Waals surface area contributed by atoms with Gasteiger partial charge in [0.15, 0.2) is 0 Å². The molecule has 1 heterocycles. The molecule has 0 aromatic rings. The minimum absolute atomic E-state index is 0.538. The Bertz CT molecular complexity index is 147. The van der Waals surface area contributed by atoms with Gasteiger partial charge in [0.25, 0.3) is 6.92 Å². The van der Waals surface area contributed by atoms with Crippen LogP contribution >= 0.6 is 0 Å². The standard InChI is InChI=1S/C9H21BOSi/c1-8-6-10(11-3)7-9(2)12(8,4)5/h8-9H,6-7H2,1-5H3/t8-,9+. The van der Waals surface area contributed by atoms with Gasteiger partial charge in [0.2, 0.25) is 0 Å². The third-order valence-electron chi connectivity index (χ3n) is 4.11. The Balaban J connectivity index is 2.64. The average molecular weight is 184 g/mol. The molecule has 1 saturated heterocycles. The summed E-state index contributed by atoms with van der Waals surface area (Å²) in [5.74, 6) is 0. The van der Waals surface area contributed by atoms with Crippen LogP contribution in [0.2, 0.25) is 36.8 Å². The molecule has 1 fully saturated rings. The van der Waals surface area contributed by atoms with Crippen LogP contribution in [-0.4, -0.2) is 22.1 Å². The van der Waals surface area contributed by atoms with Crippen molar-refractivity contribution in [2.24, 2.45) is 0 Å². The van der Waals surface area contributed by atoms with Crippen molar-refractivity contribution in [1.82, 2.24) is 0 Å². The Hall–Kier alpha value is 0.242. The molecular weight excluding hydrogens is 163 g/mol. The molecule has 0 radical (unpaired) electrons. The molecule has 0 amide bonds. The molecule has 0 N–H and O–H groups in total. The average Bonchev–Trinajstić information content (AvgIpc) is 2.00. The van der Waals surface area contributed by atoms with Gasteiger partial charge in [0.1, 0.15) is 0 Å². The van der Waals surface area contributed by atoms with Gasteiger partial charge in [0, 0.05) is 7.11 Å². The van der Waals surface area contributed by atoms with E-state index in [1.54, 1.807) is 0 Å². The SMILES string of the molecule is COB1C[C@@H](C)[Si](C)(C)[C@@H](C)C1. The third-order valence-corrected chi connectivity index (χ3v) is 9.66. The second kappa shape index (κ2) is 3.54. The van der Waals surface area contributed by atoms with Gasteiger partial charge in [-0.25, -0.2) is 0 Å². The maximum Gasteiger partial charge on any atom is 0.292 e. The summed E-state index contributed by atoms with van der Waals surface area (Å²) in [6, 6.07) is 0. The molecule has 0 spiro atoms. The fourth-order valence-corrected chi connectivity index (χ4v) is 4.88. The molecule has 1 nitrogen and oxygen atoms in total. The largest absolute Gasteiger partial charge is 0.439 e. The highest BCUT2D eigenvalue weighted by Gasteiger charge is 2.42. The lowest BCUT2D eigenvalue weighted by atomic mass is 9.59. The van der Waals surface area contributed by atoms with E-state index in [0.717, 1.165) is 11.1 Å². The molecule has 0 bridgehead atoms. The summed E-state index contributed by atoms with van der Waals surface area (Å²) in [6.45, 7) is 10.4. The summed E-state index contributed by atoms with van der Waals surface area (Å²) in [4.78, 5) is 0. The number of rotatable bonds is 1. The van der Waals surface area contributed by atoms with Crippen molar-refractivity contribution in [3.8, 4) is 0 Å². The molecule has 0 aliphatic carbocycles. The fraction of sp³-hybridized carbons (Fsp3) is 1.00. The smallest absolute Gasteiger partial charge is 0.292 e. The van der Waals surface area contributed by atoms with Gasteiger partial charge in [-0.05, 0) is 12.6 Å². The van der Waals surface area contributed by atoms with Crippen molar-refractivity contribution in [1.29, 1.82) is 0 Å². The summed E-state index contributed by atoms with van der Waals surface area (Å²) >= 11 is 0. The lowest BCUT2D eigenvalue weighted by Crippen LogP contribution is -2.44. The Kier molecular flexibility index (Phi) is 3.05. The van der Waals surface area contributed by atoms with E-state index >= 15 is 0 Å². The first-order chi connectivity index (χ1) is 5.48. The van der Waals surface area contributed by atoms with Crippen LogP contribution in [0.25, 0.3) is 0 Å². The Morgan fingerprint density at radius 2 is 1.58 bits per heavy atom. The first-order valence-corrected chi connectivity index (χ1v) is 8.16. The maximum absolute atomic E-state index is 5.45. The van der Waals surface area contributed by atoms with E-state index in [1.165, 1.54) is 12.6 Å². The van der Waals surface area contributed by atoms with E-state index in [0.29, 0.717) is 6.92 Å². The highest BCUT2D eigenvalue weighted by molar-refractivity contribution is 6.83. The molecule has 0 saturated carbocycles. The van der Waals surface area contributed by atoms with E-state index in [4.69, 9.17) is 4.65 Å². The van der Waals surface area contributed by atoms with E-state index in [1.807, 2.05) is 7.11 Å². The quantitative estimate of drug-likeness (QED) is 0.569.